The molecule has 0 heterocycles. The zero-order valence-electron chi connectivity index (χ0n) is 13.1. The van der Waals surface area contributed by atoms with Crippen molar-refractivity contribution in [1.29, 1.82) is 0 Å². The molecule has 1 aliphatic carbocycles. The Kier molecular flexibility index (Phi) is 5.41. The Morgan fingerprint density at radius 3 is 2.71 bits per heavy atom. The van der Waals surface area contributed by atoms with Gasteiger partial charge in [-0.15, -0.1) is 0 Å². The van der Waals surface area contributed by atoms with Crippen LogP contribution in [0.3, 0.4) is 0 Å². The molecular formula is C16H26N2O2S. The molecule has 2 N–H and O–H groups in total. The molecular weight excluding hydrogens is 284 g/mol. The molecule has 5 heteroatoms. The minimum atomic E-state index is -3.43. The van der Waals surface area contributed by atoms with E-state index in [4.69, 9.17) is 0 Å². The Morgan fingerprint density at radius 2 is 2.05 bits per heavy atom. The van der Waals surface area contributed by atoms with Gasteiger partial charge in [-0.2, -0.15) is 0 Å². The normalized spacial score (nSPS) is 23.2. The van der Waals surface area contributed by atoms with Crippen LogP contribution >= 0.6 is 0 Å². The summed E-state index contributed by atoms with van der Waals surface area (Å²) in [4.78, 5) is 0.411. The highest BCUT2D eigenvalue weighted by molar-refractivity contribution is 7.89. The lowest BCUT2D eigenvalue weighted by atomic mass is 9.88. The lowest BCUT2D eigenvalue weighted by molar-refractivity contribution is 0.327. The van der Waals surface area contributed by atoms with Crippen molar-refractivity contribution in [3.8, 4) is 0 Å². The van der Waals surface area contributed by atoms with E-state index in [-0.39, 0.29) is 6.04 Å². The van der Waals surface area contributed by atoms with Gasteiger partial charge in [0.15, 0.2) is 0 Å². The highest BCUT2D eigenvalue weighted by Crippen LogP contribution is 2.26. The summed E-state index contributed by atoms with van der Waals surface area (Å²) in [5.41, 5.74) is 1.86. The highest BCUT2D eigenvalue weighted by atomic mass is 32.2. The van der Waals surface area contributed by atoms with E-state index in [1.165, 1.54) is 6.42 Å². The molecule has 1 aliphatic rings. The lowest BCUT2D eigenvalue weighted by Gasteiger charge is -2.27. The average Bonchev–Trinajstić information content (AvgIpc) is 2.40. The number of hydrogen-bond donors (Lipinski definition) is 2. The number of hydrogen-bond acceptors (Lipinski definition) is 3. The predicted molar refractivity (Wildman–Crippen MR) is 85.7 cm³/mol. The van der Waals surface area contributed by atoms with Crippen molar-refractivity contribution in [3.05, 3.63) is 29.3 Å². The van der Waals surface area contributed by atoms with Crippen LogP contribution < -0.4 is 10.0 Å². The number of sulfonamides is 1. The van der Waals surface area contributed by atoms with Crippen LogP contribution in [0.5, 0.6) is 0 Å². The topological polar surface area (TPSA) is 58.2 Å². The number of rotatable bonds is 5. The van der Waals surface area contributed by atoms with Crippen LogP contribution in [0.25, 0.3) is 0 Å². The van der Waals surface area contributed by atoms with E-state index in [0.717, 1.165) is 30.4 Å². The van der Waals surface area contributed by atoms with E-state index < -0.39 is 10.0 Å². The molecule has 0 spiro atoms. The number of benzene rings is 1. The van der Waals surface area contributed by atoms with Gasteiger partial charge in [-0.05, 0) is 49.9 Å². The van der Waals surface area contributed by atoms with Crippen LogP contribution in [0, 0.1) is 12.8 Å². The van der Waals surface area contributed by atoms with E-state index in [9.17, 15) is 8.42 Å². The van der Waals surface area contributed by atoms with E-state index in [0.29, 0.717) is 17.4 Å². The molecule has 2 atom stereocenters. The molecule has 2 rings (SSSR count). The first-order chi connectivity index (χ1) is 9.94. The zero-order valence-corrected chi connectivity index (χ0v) is 14.0. The fourth-order valence-corrected chi connectivity index (χ4v) is 4.73. The van der Waals surface area contributed by atoms with Crippen LogP contribution in [0.1, 0.15) is 43.7 Å². The molecule has 21 heavy (non-hydrogen) atoms. The van der Waals surface area contributed by atoms with Gasteiger partial charge in [0.2, 0.25) is 10.0 Å². The van der Waals surface area contributed by atoms with E-state index >= 15 is 0 Å². The first-order valence-corrected chi connectivity index (χ1v) is 9.17. The van der Waals surface area contributed by atoms with E-state index in [1.807, 2.05) is 26.1 Å². The lowest BCUT2D eigenvalue weighted by Crippen LogP contribution is -2.38. The largest absolute Gasteiger partial charge is 0.316 e. The number of nitrogens with one attached hydrogen (secondary N) is 2. The molecule has 0 bridgehead atoms. The molecule has 2 unspecified atom stereocenters. The minimum absolute atomic E-state index is 0.0751. The Labute approximate surface area is 128 Å². The average molecular weight is 310 g/mol. The SMILES string of the molecule is CNCc1cccc(S(=O)(=O)NC2CCCC(C)C2)c1C. The van der Waals surface area contributed by atoms with Gasteiger partial charge in [0.1, 0.15) is 0 Å². The second-order valence-electron chi connectivity index (χ2n) is 6.16. The predicted octanol–water partition coefficient (Wildman–Crippen LogP) is 2.57. The summed E-state index contributed by atoms with van der Waals surface area (Å²) in [6.07, 6.45) is 4.19. The van der Waals surface area contributed by atoms with Gasteiger partial charge in [0, 0.05) is 12.6 Å². The molecule has 1 aromatic carbocycles. The minimum Gasteiger partial charge on any atom is -0.316 e. The third kappa shape index (κ3) is 4.05. The zero-order chi connectivity index (χ0) is 15.5. The summed E-state index contributed by atoms with van der Waals surface area (Å²) in [6.45, 7) is 4.75. The van der Waals surface area contributed by atoms with Crippen molar-refractivity contribution in [2.75, 3.05) is 7.05 Å². The van der Waals surface area contributed by atoms with Crippen molar-refractivity contribution >= 4 is 10.0 Å². The molecule has 1 saturated carbocycles. The van der Waals surface area contributed by atoms with Crippen LogP contribution in [0.4, 0.5) is 0 Å². The molecule has 118 valence electrons. The fourth-order valence-electron chi connectivity index (χ4n) is 3.16. The third-order valence-electron chi connectivity index (χ3n) is 4.31. The Hall–Kier alpha value is -0.910. The fraction of sp³-hybridized carbons (Fsp3) is 0.625. The summed E-state index contributed by atoms with van der Waals surface area (Å²) < 4.78 is 28.2. The first-order valence-electron chi connectivity index (χ1n) is 7.69. The summed E-state index contributed by atoms with van der Waals surface area (Å²) in [5, 5.41) is 3.08. The standard InChI is InChI=1S/C16H26N2O2S/c1-12-6-4-8-15(10-12)18-21(19,20)16-9-5-7-14(11-17-3)13(16)2/h5,7,9,12,15,17-18H,4,6,8,10-11H2,1-3H3. The van der Waals surface area contributed by atoms with Gasteiger partial charge < -0.3 is 5.32 Å². The van der Waals surface area contributed by atoms with Gasteiger partial charge >= 0.3 is 0 Å². The summed E-state index contributed by atoms with van der Waals surface area (Å²) in [6, 6.07) is 5.56. The molecule has 0 amide bonds. The molecule has 1 fully saturated rings. The summed E-state index contributed by atoms with van der Waals surface area (Å²) in [7, 11) is -1.57. The second-order valence-corrected chi connectivity index (χ2v) is 7.84. The summed E-state index contributed by atoms with van der Waals surface area (Å²) >= 11 is 0. The van der Waals surface area contributed by atoms with Gasteiger partial charge in [0.25, 0.3) is 0 Å². The first kappa shape index (κ1) is 16.5. The smallest absolute Gasteiger partial charge is 0.241 e. The van der Waals surface area contributed by atoms with Crippen LogP contribution in [0.15, 0.2) is 23.1 Å². The maximum absolute atomic E-state index is 12.7. The van der Waals surface area contributed by atoms with Gasteiger partial charge in [-0.25, -0.2) is 13.1 Å². The molecule has 0 aromatic heterocycles. The molecule has 4 nitrogen and oxygen atoms in total. The van der Waals surface area contributed by atoms with Crippen LogP contribution in [-0.4, -0.2) is 21.5 Å². The third-order valence-corrected chi connectivity index (χ3v) is 5.98. The van der Waals surface area contributed by atoms with E-state index in [2.05, 4.69) is 17.0 Å². The quantitative estimate of drug-likeness (QED) is 0.879. The van der Waals surface area contributed by atoms with E-state index in [1.54, 1.807) is 6.07 Å². The molecule has 1 aromatic rings. The maximum Gasteiger partial charge on any atom is 0.241 e. The van der Waals surface area contributed by atoms with Crippen LogP contribution in [0.2, 0.25) is 0 Å². The van der Waals surface area contributed by atoms with Crippen molar-refractivity contribution in [3.63, 3.8) is 0 Å². The molecule has 0 aliphatic heterocycles. The van der Waals surface area contributed by atoms with Gasteiger partial charge in [-0.3, -0.25) is 0 Å². The Morgan fingerprint density at radius 1 is 1.29 bits per heavy atom. The van der Waals surface area contributed by atoms with Crippen LogP contribution in [-0.2, 0) is 16.6 Å². The van der Waals surface area contributed by atoms with Gasteiger partial charge in [0.05, 0.1) is 4.90 Å². The van der Waals surface area contributed by atoms with Crippen molar-refractivity contribution in [1.82, 2.24) is 10.0 Å². The van der Waals surface area contributed by atoms with Crippen molar-refractivity contribution in [2.45, 2.75) is 57.0 Å². The Bertz CT molecular complexity index is 584. The molecule has 0 radical (unpaired) electrons. The van der Waals surface area contributed by atoms with Crippen molar-refractivity contribution in [2.24, 2.45) is 5.92 Å². The van der Waals surface area contributed by atoms with Crippen molar-refractivity contribution < 1.29 is 8.42 Å². The highest BCUT2D eigenvalue weighted by Gasteiger charge is 2.26. The molecule has 0 saturated heterocycles. The monoisotopic (exact) mass is 310 g/mol. The Balaban J connectivity index is 2.21. The maximum atomic E-state index is 12.7. The summed E-state index contributed by atoms with van der Waals surface area (Å²) in [5.74, 6) is 0.600. The second kappa shape index (κ2) is 6.90. The van der Waals surface area contributed by atoms with Gasteiger partial charge in [-0.1, -0.05) is 31.9 Å².